The molecule has 0 aliphatic carbocycles. The zero-order valence-electron chi connectivity index (χ0n) is 16.0. The quantitative estimate of drug-likeness (QED) is 0.508. The second-order valence-corrected chi connectivity index (χ2v) is 6.34. The van der Waals surface area contributed by atoms with Crippen molar-refractivity contribution in [2.45, 2.75) is 39.2 Å². The van der Waals surface area contributed by atoms with E-state index >= 15 is 0 Å². The molecule has 0 radical (unpaired) electrons. The van der Waals surface area contributed by atoms with Gasteiger partial charge in [-0.1, -0.05) is 43.7 Å². The molecular weight excluding hydrogens is 326 g/mol. The summed E-state index contributed by atoms with van der Waals surface area (Å²) < 4.78 is 10.8. The zero-order chi connectivity index (χ0) is 18.8. The second-order valence-electron chi connectivity index (χ2n) is 6.34. The summed E-state index contributed by atoms with van der Waals surface area (Å²) in [7, 11) is 3.37. The molecule has 0 aliphatic rings. The van der Waals surface area contributed by atoms with Crippen LogP contribution in [0.5, 0.6) is 5.75 Å². The summed E-state index contributed by atoms with van der Waals surface area (Å²) in [5, 5.41) is 3.19. The highest BCUT2D eigenvalue weighted by atomic mass is 16.5. The molecule has 0 saturated heterocycles. The Kier molecular flexibility index (Phi) is 8.16. The molecule has 0 aliphatic heterocycles. The lowest BCUT2D eigenvalue weighted by Crippen LogP contribution is -2.05. The van der Waals surface area contributed by atoms with Crippen molar-refractivity contribution >= 4 is 5.97 Å². The maximum absolute atomic E-state index is 11.4. The van der Waals surface area contributed by atoms with Gasteiger partial charge in [0, 0.05) is 18.5 Å². The summed E-state index contributed by atoms with van der Waals surface area (Å²) in [6.45, 7) is 3.68. The lowest BCUT2D eigenvalue weighted by atomic mass is 9.99. The van der Waals surface area contributed by atoms with E-state index in [1.54, 1.807) is 0 Å². The molecule has 2 rings (SSSR count). The van der Waals surface area contributed by atoms with Gasteiger partial charge in [-0.05, 0) is 48.7 Å². The molecule has 140 valence electrons. The largest absolute Gasteiger partial charge is 0.493 e. The van der Waals surface area contributed by atoms with Gasteiger partial charge in [0.25, 0.3) is 0 Å². The summed E-state index contributed by atoms with van der Waals surface area (Å²) in [6, 6.07) is 14.7. The van der Waals surface area contributed by atoms with Crippen molar-refractivity contribution in [2.24, 2.45) is 0 Å². The summed E-state index contributed by atoms with van der Waals surface area (Å²) in [4.78, 5) is 11.4. The van der Waals surface area contributed by atoms with Gasteiger partial charge in [0.1, 0.15) is 5.75 Å². The third kappa shape index (κ3) is 5.88. The van der Waals surface area contributed by atoms with Gasteiger partial charge in [-0.2, -0.15) is 0 Å². The van der Waals surface area contributed by atoms with Gasteiger partial charge in [-0.3, -0.25) is 4.79 Å². The maximum Gasteiger partial charge on any atom is 0.305 e. The van der Waals surface area contributed by atoms with E-state index in [1.807, 2.05) is 7.05 Å². The van der Waals surface area contributed by atoms with Gasteiger partial charge >= 0.3 is 5.97 Å². The van der Waals surface area contributed by atoms with E-state index in [1.165, 1.54) is 12.7 Å². The standard InChI is InChI=1S/C22H29NO3/c1-4-5-13-26-21-15-17(10-12-22(24)25-3)9-11-20(21)19-8-6-7-18(14-19)16-23-2/h6-9,11,14-15,23H,4-5,10,12-13,16H2,1-3H3. The molecule has 0 amide bonds. The molecule has 0 spiro atoms. The smallest absolute Gasteiger partial charge is 0.305 e. The van der Waals surface area contributed by atoms with Crippen molar-refractivity contribution in [2.75, 3.05) is 20.8 Å². The van der Waals surface area contributed by atoms with Crippen LogP contribution in [0, 0.1) is 0 Å². The van der Waals surface area contributed by atoms with Gasteiger partial charge in [-0.25, -0.2) is 0 Å². The summed E-state index contributed by atoms with van der Waals surface area (Å²) in [5.41, 5.74) is 4.54. The van der Waals surface area contributed by atoms with Crippen LogP contribution < -0.4 is 10.1 Å². The molecule has 0 atom stereocenters. The lowest BCUT2D eigenvalue weighted by molar-refractivity contribution is -0.140. The molecule has 2 aromatic rings. The highest BCUT2D eigenvalue weighted by Gasteiger charge is 2.10. The van der Waals surface area contributed by atoms with Crippen LogP contribution in [-0.4, -0.2) is 26.7 Å². The van der Waals surface area contributed by atoms with E-state index in [0.29, 0.717) is 19.4 Å². The van der Waals surface area contributed by atoms with Gasteiger partial charge in [0.15, 0.2) is 0 Å². The topological polar surface area (TPSA) is 47.6 Å². The Labute approximate surface area is 156 Å². The molecular formula is C22H29NO3. The van der Waals surface area contributed by atoms with Gasteiger partial charge in [-0.15, -0.1) is 0 Å². The van der Waals surface area contributed by atoms with E-state index < -0.39 is 0 Å². The maximum atomic E-state index is 11.4. The Morgan fingerprint density at radius 1 is 1.12 bits per heavy atom. The van der Waals surface area contributed by atoms with E-state index in [9.17, 15) is 4.79 Å². The monoisotopic (exact) mass is 355 g/mol. The molecule has 0 unspecified atom stereocenters. The number of nitrogens with one attached hydrogen (secondary N) is 1. The van der Waals surface area contributed by atoms with Gasteiger partial charge in [0.2, 0.25) is 0 Å². The van der Waals surface area contributed by atoms with Crippen LogP contribution in [-0.2, 0) is 22.5 Å². The Balaban J connectivity index is 2.28. The number of aryl methyl sites for hydroxylation is 1. The number of carbonyl (C=O) groups excluding carboxylic acids is 1. The highest BCUT2D eigenvalue weighted by Crippen LogP contribution is 2.32. The molecule has 0 fully saturated rings. The molecule has 0 heterocycles. The third-order valence-corrected chi connectivity index (χ3v) is 4.27. The van der Waals surface area contributed by atoms with Gasteiger partial charge in [0.05, 0.1) is 13.7 Å². The fourth-order valence-corrected chi connectivity index (χ4v) is 2.81. The Morgan fingerprint density at radius 3 is 2.69 bits per heavy atom. The number of carbonyl (C=O) groups is 1. The van der Waals surface area contributed by atoms with Crippen LogP contribution in [0.2, 0.25) is 0 Å². The zero-order valence-corrected chi connectivity index (χ0v) is 16.0. The van der Waals surface area contributed by atoms with Crippen molar-refractivity contribution in [3.05, 3.63) is 53.6 Å². The first-order chi connectivity index (χ1) is 12.7. The van der Waals surface area contributed by atoms with Crippen molar-refractivity contribution in [3.8, 4) is 16.9 Å². The van der Waals surface area contributed by atoms with Crippen LogP contribution in [0.1, 0.15) is 37.3 Å². The number of hydrogen-bond donors (Lipinski definition) is 1. The average Bonchev–Trinajstić information content (AvgIpc) is 2.67. The fourth-order valence-electron chi connectivity index (χ4n) is 2.81. The molecule has 4 nitrogen and oxygen atoms in total. The Bertz CT molecular complexity index is 712. The van der Waals surface area contributed by atoms with Crippen molar-refractivity contribution in [1.82, 2.24) is 5.32 Å². The minimum atomic E-state index is -0.192. The van der Waals surface area contributed by atoms with Crippen LogP contribution >= 0.6 is 0 Å². The van der Waals surface area contributed by atoms with Crippen LogP contribution in [0.3, 0.4) is 0 Å². The number of unbranched alkanes of at least 4 members (excludes halogenated alkanes) is 1. The van der Waals surface area contributed by atoms with E-state index in [4.69, 9.17) is 9.47 Å². The first-order valence-corrected chi connectivity index (χ1v) is 9.24. The number of benzene rings is 2. The number of rotatable bonds is 10. The van der Waals surface area contributed by atoms with Crippen LogP contribution in [0.4, 0.5) is 0 Å². The molecule has 0 bridgehead atoms. The van der Waals surface area contributed by atoms with Crippen molar-refractivity contribution in [1.29, 1.82) is 0 Å². The van der Waals surface area contributed by atoms with E-state index in [2.05, 4.69) is 54.7 Å². The average molecular weight is 355 g/mol. The third-order valence-electron chi connectivity index (χ3n) is 4.27. The van der Waals surface area contributed by atoms with Crippen LogP contribution in [0.25, 0.3) is 11.1 Å². The molecule has 4 heteroatoms. The van der Waals surface area contributed by atoms with Gasteiger partial charge < -0.3 is 14.8 Å². The normalized spacial score (nSPS) is 10.6. The SMILES string of the molecule is CCCCOc1cc(CCC(=O)OC)ccc1-c1cccc(CNC)c1. The van der Waals surface area contributed by atoms with E-state index in [-0.39, 0.29) is 5.97 Å². The number of methoxy groups -OCH3 is 1. The molecule has 0 aromatic heterocycles. The van der Waals surface area contributed by atoms with Crippen LogP contribution in [0.15, 0.2) is 42.5 Å². The van der Waals surface area contributed by atoms with E-state index in [0.717, 1.165) is 41.8 Å². The molecule has 0 saturated carbocycles. The number of hydrogen-bond acceptors (Lipinski definition) is 4. The number of ether oxygens (including phenoxy) is 2. The molecule has 2 aromatic carbocycles. The minimum absolute atomic E-state index is 0.192. The minimum Gasteiger partial charge on any atom is -0.493 e. The predicted octanol–water partition coefficient (Wildman–Crippen LogP) is 4.36. The summed E-state index contributed by atoms with van der Waals surface area (Å²) in [5.74, 6) is 0.685. The van der Waals surface area contributed by atoms with Crippen molar-refractivity contribution in [3.63, 3.8) is 0 Å². The first kappa shape index (κ1) is 20.0. The highest BCUT2D eigenvalue weighted by molar-refractivity contribution is 5.72. The Morgan fingerprint density at radius 2 is 1.96 bits per heavy atom. The lowest BCUT2D eigenvalue weighted by Gasteiger charge is -2.14. The Hall–Kier alpha value is -2.33. The summed E-state index contributed by atoms with van der Waals surface area (Å²) >= 11 is 0. The second kappa shape index (κ2) is 10.6. The summed E-state index contributed by atoms with van der Waals surface area (Å²) in [6.07, 6.45) is 3.14. The predicted molar refractivity (Wildman–Crippen MR) is 105 cm³/mol. The molecule has 26 heavy (non-hydrogen) atoms. The molecule has 1 N–H and O–H groups in total. The van der Waals surface area contributed by atoms with Crippen molar-refractivity contribution < 1.29 is 14.3 Å². The first-order valence-electron chi connectivity index (χ1n) is 9.24. The number of esters is 1. The fraction of sp³-hybridized carbons (Fsp3) is 0.409.